The van der Waals surface area contributed by atoms with E-state index in [0.29, 0.717) is 25.7 Å². The maximum Gasteiger partial charge on any atom is 0.236 e. The SMILES string of the molecule is Cc1cccc(CN(CC(=O)N2CCC(C(=O)N(C)C(C)C)CC2)C2CC2)c1. The maximum atomic E-state index is 12.9. The van der Waals surface area contributed by atoms with Crippen molar-refractivity contribution < 1.29 is 9.59 Å². The molecule has 0 radical (unpaired) electrons. The Morgan fingerprint density at radius 2 is 1.82 bits per heavy atom. The second-order valence-corrected chi connectivity index (χ2v) is 8.82. The van der Waals surface area contributed by atoms with Gasteiger partial charge in [-0.15, -0.1) is 0 Å². The minimum atomic E-state index is 0.0586. The average Bonchev–Trinajstić information content (AvgIpc) is 3.51. The Bertz CT molecular complexity index is 691. The van der Waals surface area contributed by atoms with Crippen molar-refractivity contribution >= 4 is 11.8 Å². The van der Waals surface area contributed by atoms with E-state index in [1.54, 1.807) is 0 Å². The second-order valence-electron chi connectivity index (χ2n) is 8.82. The fourth-order valence-electron chi connectivity index (χ4n) is 3.99. The van der Waals surface area contributed by atoms with Crippen LogP contribution in [0.3, 0.4) is 0 Å². The molecule has 2 aliphatic rings. The lowest BCUT2D eigenvalue weighted by molar-refractivity contribution is -0.141. The zero-order valence-corrected chi connectivity index (χ0v) is 17.9. The number of aryl methyl sites for hydroxylation is 1. The van der Waals surface area contributed by atoms with Gasteiger partial charge in [-0.3, -0.25) is 14.5 Å². The van der Waals surface area contributed by atoms with E-state index < -0.39 is 0 Å². The number of piperidine rings is 1. The van der Waals surface area contributed by atoms with Gasteiger partial charge in [0.15, 0.2) is 0 Å². The summed E-state index contributed by atoms with van der Waals surface area (Å²) >= 11 is 0. The van der Waals surface area contributed by atoms with Crippen molar-refractivity contribution in [3.63, 3.8) is 0 Å². The highest BCUT2D eigenvalue weighted by Crippen LogP contribution is 2.29. The van der Waals surface area contributed by atoms with Crippen LogP contribution >= 0.6 is 0 Å². The van der Waals surface area contributed by atoms with E-state index in [1.165, 1.54) is 24.0 Å². The van der Waals surface area contributed by atoms with Gasteiger partial charge in [0.2, 0.25) is 11.8 Å². The van der Waals surface area contributed by atoms with Crippen LogP contribution in [0, 0.1) is 12.8 Å². The lowest BCUT2D eigenvalue weighted by Gasteiger charge is -2.35. The standard InChI is InChI=1S/C23H35N3O2/c1-17(2)24(4)23(28)20-10-12-25(13-11-20)22(27)16-26(21-8-9-21)15-19-7-5-6-18(3)14-19/h5-7,14,17,20-21H,8-13,15-16H2,1-4H3. The van der Waals surface area contributed by atoms with E-state index in [1.807, 2.05) is 30.7 Å². The van der Waals surface area contributed by atoms with Gasteiger partial charge in [0.25, 0.3) is 0 Å². The molecule has 1 saturated carbocycles. The number of benzene rings is 1. The summed E-state index contributed by atoms with van der Waals surface area (Å²) < 4.78 is 0. The molecule has 0 spiro atoms. The summed E-state index contributed by atoms with van der Waals surface area (Å²) in [4.78, 5) is 31.6. The van der Waals surface area contributed by atoms with Crippen LogP contribution in [0.4, 0.5) is 0 Å². The van der Waals surface area contributed by atoms with Gasteiger partial charge in [-0.25, -0.2) is 0 Å². The molecule has 28 heavy (non-hydrogen) atoms. The van der Waals surface area contributed by atoms with E-state index in [2.05, 4.69) is 36.1 Å². The maximum absolute atomic E-state index is 12.9. The number of nitrogens with zero attached hydrogens (tertiary/aromatic N) is 3. The smallest absolute Gasteiger partial charge is 0.236 e. The summed E-state index contributed by atoms with van der Waals surface area (Å²) in [6.45, 7) is 8.91. The van der Waals surface area contributed by atoms with Crippen molar-refractivity contribution in [2.24, 2.45) is 5.92 Å². The van der Waals surface area contributed by atoms with Crippen LogP contribution in [-0.2, 0) is 16.1 Å². The molecule has 2 amide bonds. The molecule has 3 rings (SSSR count). The Labute approximate surface area is 169 Å². The molecular formula is C23H35N3O2. The van der Waals surface area contributed by atoms with Crippen molar-refractivity contribution in [2.75, 3.05) is 26.7 Å². The molecule has 1 heterocycles. The van der Waals surface area contributed by atoms with Gasteiger partial charge in [0, 0.05) is 44.7 Å². The number of amides is 2. The predicted molar refractivity (Wildman–Crippen MR) is 112 cm³/mol. The molecule has 0 aromatic heterocycles. The third-order valence-electron chi connectivity index (χ3n) is 6.19. The summed E-state index contributed by atoms with van der Waals surface area (Å²) in [5.74, 6) is 0.493. The monoisotopic (exact) mass is 385 g/mol. The molecule has 0 atom stereocenters. The second kappa shape index (κ2) is 9.08. The molecule has 1 aromatic rings. The minimum Gasteiger partial charge on any atom is -0.343 e. The van der Waals surface area contributed by atoms with E-state index in [-0.39, 0.29) is 23.8 Å². The minimum absolute atomic E-state index is 0.0586. The van der Waals surface area contributed by atoms with Crippen LogP contribution in [0.25, 0.3) is 0 Å². The van der Waals surface area contributed by atoms with Crippen LogP contribution in [0.5, 0.6) is 0 Å². The van der Waals surface area contributed by atoms with Gasteiger partial charge in [0.05, 0.1) is 6.54 Å². The molecule has 0 N–H and O–H groups in total. The summed E-state index contributed by atoms with van der Waals surface area (Å²) in [6, 6.07) is 9.33. The molecule has 1 saturated heterocycles. The first-order chi connectivity index (χ1) is 13.3. The number of carbonyl (C=O) groups excluding carboxylic acids is 2. The molecular weight excluding hydrogens is 350 g/mol. The quantitative estimate of drug-likeness (QED) is 0.725. The number of hydrogen-bond acceptors (Lipinski definition) is 3. The number of likely N-dealkylation sites (tertiary alicyclic amines) is 1. The molecule has 1 aromatic carbocycles. The van der Waals surface area contributed by atoms with Gasteiger partial charge < -0.3 is 9.80 Å². The van der Waals surface area contributed by atoms with Crippen LogP contribution < -0.4 is 0 Å². The molecule has 154 valence electrons. The molecule has 5 nitrogen and oxygen atoms in total. The predicted octanol–water partition coefficient (Wildman–Crippen LogP) is 3.06. The first-order valence-electron chi connectivity index (χ1n) is 10.7. The number of rotatable bonds is 7. The van der Waals surface area contributed by atoms with E-state index in [9.17, 15) is 9.59 Å². The molecule has 0 bridgehead atoms. The van der Waals surface area contributed by atoms with Crippen LogP contribution in [0.1, 0.15) is 50.7 Å². The summed E-state index contributed by atoms with van der Waals surface area (Å²) in [6.07, 6.45) is 3.94. The topological polar surface area (TPSA) is 43.9 Å². The molecule has 1 aliphatic heterocycles. The van der Waals surface area contributed by atoms with E-state index in [4.69, 9.17) is 0 Å². The summed E-state index contributed by atoms with van der Waals surface area (Å²) in [5.41, 5.74) is 2.54. The largest absolute Gasteiger partial charge is 0.343 e. The average molecular weight is 386 g/mol. The van der Waals surface area contributed by atoms with Gasteiger partial charge in [-0.05, 0) is 52.0 Å². The van der Waals surface area contributed by atoms with Gasteiger partial charge in [0.1, 0.15) is 0 Å². The Morgan fingerprint density at radius 3 is 2.39 bits per heavy atom. The Balaban J connectivity index is 1.52. The van der Waals surface area contributed by atoms with Crippen molar-refractivity contribution in [1.82, 2.24) is 14.7 Å². The lowest BCUT2D eigenvalue weighted by Crippen LogP contribution is -2.47. The van der Waals surface area contributed by atoms with Gasteiger partial charge in [-0.1, -0.05) is 29.8 Å². The number of hydrogen-bond donors (Lipinski definition) is 0. The third-order valence-corrected chi connectivity index (χ3v) is 6.19. The normalized spacial score (nSPS) is 18.0. The lowest BCUT2D eigenvalue weighted by atomic mass is 9.95. The Morgan fingerprint density at radius 1 is 1.14 bits per heavy atom. The zero-order valence-electron chi connectivity index (χ0n) is 17.9. The van der Waals surface area contributed by atoms with Gasteiger partial charge >= 0.3 is 0 Å². The highest BCUT2D eigenvalue weighted by molar-refractivity contribution is 5.81. The van der Waals surface area contributed by atoms with Gasteiger partial charge in [-0.2, -0.15) is 0 Å². The van der Waals surface area contributed by atoms with Crippen LogP contribution in [0.2, 0.25) is 0 Å². The van der Waals surface area contributed by atoms with Crippen LogP contribution in [-0.4, -0.2) is 65.3 Å². The summed E-state index contributed by atoms with van der Waals surface area (Å²) in [7, 11) is 1.88. The molecule has 0 unspecified atom stereocenters. The van der Waals surface area contributed by atoms with Crippen molar-refractivity contribution in [1.29, 1.82) is 0 Å². The molecule has 5 heteroatoms. The Hall–Kier alpha value is -1.88. The van der Waals surface area contributed by atoms with E-state index in [0.717, 1.165) is 19.4 Å². The summed E-state index contributed by atoms with van der Waals surface area (Å²) in [5, 5.41) is 0. The Kier molecular flexibility index (Phi) is 6.76. The highest BCUT2D eigenvalue weighted by Gasteiger charge is 2.33. The van der Waals surface area contributed by atoms with Crippen molar-refractivity contribution in [3.05, 3.63) is 35.4 Å². The van der Waals surface area contributed by atoms with Crippen molar-refractivity contribution in [2.45, 2.75) is 65.1 Å². The van der Waals surface area contributed by atoms with Crippen LogP contribution in [0.15, 0.2) is 24.3 Å². The highest BCUT2D eigenvalue weighted by atomic mass is 16.2. The third kappa shape index (κ3) is 5.34. The first kappa shape index (κ1) is 20.8. The first-order valence-corrected chi connectivity index (χ1v) is 10.7. The fourth-order valence-corrected chi connectivity index (χ4v) is 3.99. The van der Waals surface area contributed by atoms with E-state index >= 15 is 0 Å². The molecule has 2 fully saturated rings. The number of carbonyl (C=O) groups is 2. The molecule has 1 aliphatic carbocycles. The fraction of sp³-hybridized carbons (Fsp3) is 0.652. The zero-order chi connectivity index (χ0) is 20.3. The van der Waals surface area contributed by atoms with Crippen molar-refractivity contribution in [3.8, 4) is 0 Å².